The van der Waals surface area contributed by atoms with Crippen molar-refractivity contribution in [3.05, 3.63) is 36.8 Å². The second kappa shape index (κ2) is 4.91. The van der Waals surface area contributed by atoms with Gasteiger partial charge in [-0.05, 0) is 19.1 Å². The molecule has 99 valence electrons. The quantitative estimate of drug-likeness (QED) is 0.615. The number of rotatable bonds is 4. The summed E-state index contributed by atoms with van der Waals surface area (Å²) in [7, 11) is 0. The lowest BCUT2D eigenvalue weighted by Gasteiger charge is -2.20. The number of alkyl halides is 5. The van der Waals surface area contributed by atoms with Gasteiger partial charge in [-0.25, -0.2) is 0 Å². The summed E-state index contributed by atoms with van der Waals surface area (Å²) in [5.41, 5.74) is -0.0412. The van der Waals surface area contributed by atoms with Crippen molar-refractivity contribution < 1.29 is 31.5 Å². The summed E-state index contributed by atoms with van der Waals surface area (Å²) in [6.45, 7) is 3.29. The Morgan fingerprint density at radius 1 is 1.22 bits per heavy atom. The number of ketones is 1. The number of carbonyl (C=O) groups is 1. The molecule has 1 aromatic rings. The predicted octanol–water partition coefficient (Wildman–Crippen LogP) is 3.63. The maximum atomic E-state index is 12.6. The van der Waals surface area contributed by atoms with E-state index in [9.17, 15) is 26.7 Å². The molecular weight excluding hydrogens is 259 g/mol. The van der Waals surface area contributed by atoms with Crippen molar-refractivity contribution in [2.75, 3.05) is 0 Å². The molecule has 0 saturated carbocycles. The standard InChI is InChI=1S/C11H8F5O2/c1-2-9(17)7-4-3-5-8(6-7)18-11(15,16)10(12,13)14/h3-6H,1-2H2. The normalized spacial score (nSPS) is 12.3. The molecule has 0 aliphatic heterocycles. The van der Waals surface area contributed by atoms with E-state index in [0.29, 0.717) is 0 Å². The zero-order valence-corrected chi connectivity index (χ0v) is 8.93. The number of ether oxygens (including phenoxy) is 1. The number of hydrogen-bond donors (Lipinski definition) is 0. The van der Waals surface area contributed by atoms with Crippen LogP contribution in [0.25, 0.3) is 0 Å². The third kappa shape index (κ3) is 3.18. The van der Waals surface area contributed by atoms with Crippen molar-refractivity contribution in [2.24, 2.45) is 0 Å². The van der Waals surface area contributed by atoms with Crippen molar-refractivity contribution in [1.82, 2.24) is 0 Å². The van der Waals surface area contributed by atoms with E-state index >= 15 is 0 Å². The minimum Gasteiger partial charge on any atom is -0.426 e. The van der Waals surface area contributed by atoms with Gasteiger partial charge in [0, 0.05) is 12.0 Å². The molecule has 0 aliphatic rings. The smallest absolute Gasteiger partial charge is 0.426 e. The third-order valence-corrected chi connectivity index (χ3v) is 1.96. The first-order valence-electron chi connectivity index (χ1n) is 4.73. The summed E-state index contributed by atoms with van der Waals surface area (Å²) >= 11 is 0. The topological polar surface area (TPSA) is 26.3 Å². The predicted molar refractivity (Wildman–Crippen MR) is 52.4 cm³/mol. The molecule has 1 rings (SSSR count). The van der Waals surface area contributed by atoms with Gasteiger partial charge in [-0.15, -0.1) is 0 Å². The molecule has 0 unspecified atom stereocenters. The van der Waals surface area contributed by atoms with Gasteiger partial charge in [0.15, 0.2) is 5.78 Å². The average Bonchev–Trinajstić information content (AvgIpc) is 2.26. The minimum absolute atomic E-state index is 0.0412. The van der Waals surface area contributed by atoms with Crippen LogP contribution in [0.3, 0.4) is 0 Å². The Balaban J connectivity index is 2.96. The lowest BCUT2D eigenvalue weighted by Crippen LogP contribution is -2.41. The third-order valence-electron chi connectivity index (χ3n) is 1.96. The van der Waals surface area contributed by atoms with E-state index in [2.05, 4.69) is 11.7 Å². The highest BCUT2D eigenvalue weighted by Crippen LogP contribution is 2.37. The summed E-state index contributed by atoms with van der Waals surface area (Å²) < 4.78 is 64.4. The van der Waals surface area contributed by atoms with Crippen molar-refractivity contribution in [1.29, 1.82) is 0 Å². The molecule has 0 bridgehead atoms. The molecule has 1 aromatic carbocycles. The van der Waals surface area contributed by atoms with E-state index in [0.717, 1.165) is 18.2 Å². The molecule has 1 radical (unpaired) electrons. The number of carbonyl (C=O) groups excluding carboxylic acids is 1. The fourth-order valence-electron chi connectivity index (χ4n) is 1.08. The van der Waals surface area contributed by atoms with Gasteiger partial charge in [0.05, 0.1) is 0 Å². The summed E-state index contributed by atoms with van der Waals surface area (Å²) in [5.74, 6) is -1.23. The van der Waals surface area contributed by atoms with Crippen LogP contribution in [0.1, 0.15) is 16.8 Å². The molecule has 2 nitrogen and oxygen atoms in total. The number of hydrogen-bond acceptors (Lipinski definition) is 2. The van der Waals surface area contributed by atoms with Crippen LogP contribution >= 0.6 is 0 Å². The van der Waals surface area contributed by atoms with Crippen LogP contribution in [0.5, 0.6) is 5.75 Å². The van der Waals surface area contributed by atoms with Gasteiger partial charge in [0.1, 0.15) is 5.75 Å². The first-order chi connectivity index (χ1) is 8.17. The second-order valence-electron chi connectivity index (χ2n) is 3.32. The summed E-state index contributed by atoms with van der Waals surface area (Å²) in [6.07, 6.45) is -11.3. The molecule has 0 heterocycles. The van der Waals surface area contributed by atoms with Crippen LogP contribution < -0.4 is 4.74 Å². The van der Waals surface area contributed by atoms with Crippen LogP contribution in [0, 0.1) is 6.92 Å². The molecule has 0 spiro atoms. The first-order valence-corrected chi connectivity index (χ1v) is 4.73. The van der Waals surface area contributed by atoms with Crippen LogP contribution in [-0.4, -0.2) is 18.1 Å². The fourth-order valence-corrected chi connectivity index (χ4v) is 1.08. The van der Waals surface area contributed by atoms with Crippen molar-refractivity contribution in [3.63, 3.8) is 0 Å². The lowest BCUT2D eigenvalue weighted by atomic mass is 10.1. The summed E-state index contributed by atoms with van der Waals surface area (Å²) in [5, 5.41) is 0. The first kappa shape index (κ1) is 14.4. The Kier molecular flexibility index (Phi) is 3.93. The Hall–Kier alpha value is -1.66. The highest BCUT2D eigenvalue weighted by molar-refractivity contribution is 5.96. The lowest BCUT2D eigenvalue weighted by molar-refractivity contribution is -0.360. The van der Waals surface area contributed by atoms with Gasteiger partial charge in [0.2, 0.25) is 0 Å². The molecule has 0 fully saturated rings. The number of Topliss-reactive ketones (excluding diaryl/α,β-unsaturated/α-hetero) is 1. The maximum Gasteiger partial charge on any atom is 0.499 e. The SMILES string of the molecule is [CH2]CC(=O)c1cccc(OC(F)(F)C(F)(F)F)c1. The highest BCUT2D eigenvalue weighted by Gasteiger charge is 2.61. The van der Waals surface area contributed by atoms with Gasteiger partial charge >= 0.3 is 12.3 Å². The summed E-state index contributed by atoms with van der Waals surface area (Å²) in [6, 6.07) is 4.13. The monoisotopic (exact) mass is 267 g/mol. The fraction of sp³-hybridized carbons (Fsp3) is 0.273. The average molecular weight is 267 g/mol. The molecule has 0 N–H and O–H groups in total. The molecular formula is C11H8F5O2. The van der Waals surface area contributed by atoms with Gasteiger partial charge in [-0.3, -0.25) is 4.79 Å². The van der Waals surface area contributed by atoms with E-state index in [1.165, 1.54) is 6.07 Å². The van der Waals surface area contributed by atoms with Gasteiger partial charge in [-0.2, -0.15) is 22.0 Å². The zero-order chi connectivity index (χ0) is 14.0. The zero-order valence-electron chi connectivity index (χ0n) is 8.93. The van der Waals surface area contributed by atoms with Crippen molar-refractivity contribution in [2.45, 2.75) is 18.7 Å². The van der Waals surface area contributed by atoms with Crippen molar-refractivity contribution in [3.8, 4) is 5.75 Å². The molecule has 0 aliphatic carbocycles. The van der Waals surface area contributed by atoms with E-state index in [1.54, 1.807) is 0 Å². The van der Waals surface area contributed by atoms with E-state index in [1.807, 2.05) is 0 Å². The molecule has 0 atom stereocenters. The summed E-state index contributed by atoms with van der Waals surface area (Å²) in [4.78, 5) is 11.2. The van der Waals surface area contributed by atoms with Crippen molar-refractivity contribution >= 4 is 5.78 Å². The molecule has 0 amide bonds. The number of halogens is 5. The Labute approximate surface area is 99.4 Å². The minimum atomic E-state index is -5.82. The van der Waals surface area contributed by atoms with Crippen LogP contribution in [0.2, 0.25) is 0 Å². The number of benzene rings is 1. The van der Waals surface area contributed by atoms with Gasteiger partial charge in [-0.1, -0.05) is 12.1 Å². The van der Waals surface area contributed by atoms with Crippen LogP contribution in [0.4, 0.5) is 22.0 Å². The molecule has 18 heavy (non-hydrogen) atoms. The van der Waals surface area contributed by atoms with Crippen LogP contribution in [-0.2, 0) is 0 Å². The Morgan fingerprint density at radius 2 is 1.83 bits per heavy atom. The highest BCUT2D eigenvalue weighted by atomic mass is 19.4. The molecule has 0 aromatic heterocycles. The Morgan fingerprint density at radius 3 is 2.33 bits per heavy atom. The molecule has 0 saturated heterocycles. The maximum absolute atomic E-state index is 12.6. The van der Waals surface area contributed by atoms with Gasteiger partial charge < -0.3 is 4.74 Å². The van der Waals surface area contributed by atoms with E-state index in [4.69, 9.17) is 0 Å². The van der Waals surface area contributed by atoms with E-state index < -0.39 is 23.8 Å². The van der Waals surface area contributed by atoms with Crippen LogP contribution in [0.15, 0.2) is 24.3 Å². The van der Waals surface area contributed by atoms with Gasteiger partial charge in [0.25, 0.3) is 0 Å². The molecule has 7 heteroatoms. The van der Waals surface area contributed by atoms with E-state index in [-0.39, 0.29) is 12.0 Å². The largest absolute Gasteiger partial charge is 0.499 e. The Bertz CT molecular complexity index is 439. The second-order valence-corrected chi connectivity index (χ2v) is 3.32.